The van der Waals surface area contributed by atoms with E-state index in [-0.39, 0.29) is 0 Å². The lowest BCUT2D eigenvalue weighted by Gasteiger charge is -2.09. The van der Waals surface area contributed by atoms with Crippen LogP contribution in [0.5, 0.6) is 0 Å². The standard InChI is InChI=1S/C10H15N.C2H6/c1-7(2)10-6-11-5-8(3)9(10)4;1-2/h5-7H,1-4H3;1-2H3. The third-order valence-electron chi connectivity index (χ3n) is 2.13. The van der Waals surface area contributed by atoms with E-state index in [9.17, 15) is 0 Å². The number of nitrogens with zero attached hydrogens (tertiary/aromatic N) is 1. The fraction of sp³-hybridized carbons (Fsp3) is 0.583. The fourth-order valence-corrected chi connectivity index (χ4v) is 1.23. The Morgan fingerprint density at radius 2 is 1.62 bits per heavy atom. The van der Waals surface area contributed by atoms with Gasteiger partial charge in [0.25, 0.3) is 0 Å². The molecule has 0 saturated heterocycles. The molecule has 0 unspecified atom stereocenters. The van der Waals surface area contributed by atoms with Crippen LogP contribution in [0.2, 0.25) is 0 Å². The van der Waals surface area contributed by atoms with Crippen LogP contribution in [0.25, 0.3) is 0 Å². The highest BCUT2D eigenvalue weighted by molar-refractivity contribution is 5.31. The molecule has 0 aliphatic heterocycles. The normalized spacial score (nSPS) is 9.46. The molecular formula is C12H21N. The number of hydrogen-bond acceptors (Lipinski definition) is 1. The lowest BCUT2D eigenvalue weighted by molar-refractivity contribution is 0.843. The van der Waals surface area contributed by atoms with Gasteiger partial charge in [0.15, 0.2) is 0 Å². The minimum atomic E-state index is 0.586. The Balaban J connectivity index is 0.000000671. The maximum atomic E-state index is 4.17. The predicted molar refractivity (Wildman–Crippen MR) is 59.1 cm³/mol. The van der Waals surface area contributed by atoms with Crippen LogP contribution in [-0.4, -0.2) is 4.98 Å². The Kier molecular flexibility index (Phi) is 5.36. The van der Waals surface area contributed by atoms with E-state index in [1.54, 1.807) is 0 Å². The SMILES string of the molecule is CC.Cc1cncc(C(C)C)c1C. The molecule has 13 heavy (non-hydrogen) atoms. The molecule has 0 spiro atoms. The molecule has 0 aromatic carbocycles. The Labute approximate surface area is 82.2 Å². The van der Waals surface area contributed by atoms with Crippen molar-refractivity contribution in [2.75, 3.05) is 0 Å². The quantitative estimate of drug-likeness (QED) is 0.638. The Morgan fingerprint density at radius 3 is 2.00 bits per heavy atom. The summed E-state index contributed by atoms with van der Waals surface area (Å²) in [7, 11) is 0. The molecule has 0 aliphatic rings. The van der Waals surface area contributed by atoms with Gasteiger partial charge in [0, 0.05) is 12.4 Å². The second-order valence-corrected chi connectivity index (χ2v) is 3.33. The molecule has 74 valence electrons. The summed E-state index contributed by atoms with van der Waals surface area (Å²) in [5, 5.41) is 0. The first-order valence-electron chi connectivity index (χ1n) is 5.04. The summed E-state index contributed by atoms with van der Waals surface area (Å²) in [5.74, 6) is 0.586. The molecule has 1 heterocycles. The van der Waals surface area contributed by atoms with Crippen LogP contribution in [-0.2, 0) is 0 Å². The van der Waals surface area contributed by atoms with Crippen molar-refractivity contribution in [3.8, 4) is 0 Å². The zero-order valence-electron chi connectivity index (χ0n) is 9.68. The molecule has 1 aromatic heterocycles. The van der Waals surface area contributed by atoms with E-state index in [1.807, 2.05) is 26.2 Å². The van der Waals surface area contributed by atoms with Crippen molar-refractivity contribution in [2.45, 2.75) is 47.5 Å². The van der Waals surface area contributed by atoms with Crippen molar-refractivity contribution in [3.05, 3.63) is 29.1 Å². The molecule has 0 amide bonds. The van der Waals surface area contributed by atoms with E-state index in [1.165, 1.54) is 16.7 Å². The van der Waals surface area contributed by atoms with E-state index in [0.29, 0.717) is 5.92 Å². The first-order chi connectivity index (χ1) is 6.13. The van der Waals surface area contributed by atoms with Crippen LogP contribution in [0.4, 0.5) is 0 Å². The lowest BCUT2D eigenvalue weighted by atomic mass is 9.98. The summed E-state index contributed by atoms with van der Waals surface area (Å²) in [6, 6.07) is 0. The molecule has 1 heteroatoms. The van der Waals surface area contributed by atoms with Gasteiger partial charge in [-0.1, -0.05) is 27.7 Å². The largest absolute Gasteiger partial charge is 0.264 e. The highest BCUT2D eigenvalue weighted by Crippen LogP contribution is 2.19. The van der Waals surface area contributed by atoms with E-state index in [4.69, 9.17) is 0 Å². The zero-order chi connectivity index (χ0) is 10.4. The predicted octanol–water partition coefficient (Wildman–Crippen LogP) is 3.85. The van der Waals surface area contributed by atoms with Gasteiger partial charge in [0.2, 0.25) is 0 Å². The summed E-state index contributed by atoms with van der Waals surface area (Å²) >= 11 is 0. The van der Waals surface area contributed by atoms with Crippen molar-refractivity contribution >= 4 is 0 Å². The number of rotatable bonds is 1. The van der Waals surface area contributed by atoms with Crippen LogP contribution >= 0.6 is 0 Å². The summed E-state index contributed by atoms with van der Waals surface area (Å²) in [6.07, 6.45) is 3.88. The van der Waals surface area contributed by atoms with Gasteiger partial charge in [-0.25, -0.2) is 0 Å². The molecular weight excluding hydrogens is 158 g/mol. The topological polar surface area (TPSA) is 12.9 Å². The number of aromatic nitrogens is 1. The molecule has 0 aliphatic carbocycles. The van der Waals surface area contributed by atoms with E-state index in [2.05, 4.69) is 32.7 Å². The van der Waals surface area contributed by atoms with Crippen LogP contribution < -0.4 is 0 Å². The average molecular weight is 179 g/mol. The highest BCUT2D eigenvalue weighted by atomic mass is 14.6. The third kappa shape index (κ3) is 3.17. The Bertz CT molecular complexity index is 251. The molecule has 0 atom stereocenters. The first kappa shape index (κ1) is 12.2. The van der Waals surface area contributed by atoms with Gasteiger partial charge in [-0.2, -0.15) is 0 Å². The molecule has 1 nitrogen and oxygen atoms in total. The number of aryl methyl sites for hydroxylation is 1. The maximum absolute atomic E-state index is 4.17. The van der Waals surface area contributed by atoms with Gasteiger partial charge in [-0.15, -0.1) is 0 Å². The Morgan fingerprint density at radius 1 is 1.08 bits per heavy atom. The third-order valence-corrected chi connectivity index (χ3v) is 2.13. The van der Waals surface area contributed by atoms with Gasteiger partial charge >= 0.3 is 0 Å². The molecule has 0 bridgehead atoms. The molecule has 0 saturated carbocycles. The minimum absolute atomic E-state index is 0.586. The molecule has 1 aromatic rings. The second-order valence-electron chi connectivity index (χ2n) is 3.33. The maximum Gasteiger partial charge on any atom is 0.0305 e. The average Bonchev–Trinajstić information content (AvgIpc) is 2.13. The van der Waals surface area contributed by atoms with Crippen LogP contribution in [0, 0.1) is 13.8 Å². The van der Waals surface area contributed by atoms with Gasteiger partial charge in [-0.3, -0.25) is 4.98 Å². The van der Waals surface area contributed by atoms with Crippen molar-refractivity contribution < 1.29 is 0 Å². The van der Waals surface area contributed by atoms with Crippen molar-refractivity contribution in [1.82, 2.24) is 4.98 Å². The number of pyridine rings is 1. The van der Waals surface area contributed by atoms with E-state index < -0.39 is 0 Å². The van der Waals surface area contributed by atoms with Crippen molar-refractivity contribution in [2.24, 2.45) is 0 Å². The van der Waals surface area contributed by atoms with Gasteiger partial charge in [-0.05, 0) is 36.5 Å². The fourth-order valence-electron chi connectivity index (χ4n) is 1.23. The summed E-state index contributed by atoms with van der Waals surface area (Å²) in [5.41, 5.74) is 4.04. The van der Waals surface area contributed by atoms with E-state index >= 15 is 0 Å². The van der Waals surface area contributed by atoms with Gasteiger partial charge in [0.1, 0.15) is 0 Å². The van der Waals surface area contributed by atoms with Crippen LogP contribution in [0.3, 0.4) is 0 Å². The van der Waals surface area contributed by atoms with Crippen LogP contribution in [0.15, 0.2) is 12.4 Å². The van der Waals surface area contributed by atoms with Crippen LogP contribution in [0.1, 0.15) is 50.3 Å². The summed E-state index contributed by atoms with van der Waals surface area (Å²) in [4.78, 5) is 4.17. The van der Waals surface area contributed by atoms with Crippen molar-refractivity contribution in [3.63, 3.8) is 0 Å². The molecule has 0 fully saturated rings. The van der Waals surface area contributed by atoms with Gasteiger partial charge in [0.05, 0.1) is 0 Å². The Hall–Kier alpha value is -0.850. The lowest BCUT2D eigenvalue weighted by Crippen LogP contribution is -1.95. The first-order valence-corrected chi connectivity index (χ1v) is 5.04. The monoisotopic (exact) mass is 179 g/mol. The highest BCUT2D eigenvalue weighted by Gasteiger charge is 2.04. The smallest absolute Gasteiger partial charge is 0.0305 e. The van der Waals surface area contributed by atoms with E-state index in [0.717, 1.165) is 0 Å². The van der Waals surface area contributed by atoms with Gasteiger partial charge < -0.3 is 0 Å². The van der Waals surface area contributed by atoms with Crippen molar-refractivity contribution in [1.29, 1.82) is 0 Å². The zero-order valence-corrected chi connectivity index (χ0v) is 9.68. The summed E-state index contributed by atoms with van der Waals surface area (Å²) < 4.78 is 0. The molecule has 0 radical (unpaired) electrons. The molecule has 1 rings (SSSR count). The molecule has 0 N–H and O–H groups in total. The summed E-state index contributed by atoms with van der Waals surface area (Å²) in [6.45, 7) is 12.7. The number of hydrogen-bond donors (Lipinski definition) is 0. The second kappa shape index (κ2) is 5.74. The minimum Gasteiger partial charge on any atom is -0.264 e.